The van der Waals surface area contributed by atoms with Gasteiger partial charge in [0.1, 0.15) is 0 Å². The van der Waals surface area contributed by atoms with Gasteiger partial charge in [0, 0.05) is 12.1 Å². The fraction of sp³-hybridized carbons (Fsp3) is 0.533. The number of hydrogen-bond donors (Lipinski definition) is 1. The summed E-state index contributed by atoms with van der Waals surface area (Å²) >= 11 is 0. The van der Waals surface area contributed by atoms with E-state index in [4.69, 9.17) is 0 Å². The Morgan fingerprint density at radius 2 is 1.72 bits per heavy atom. The van der Waals surface area contributed by atoms with Gasteiger partial charge in [-0.3, -0.25) is 4.79 Å². The van der Waals surface area contributed by atoms with E-state index in [1.165, 1.54) is 11.1 Å². The molecule has 0 fully saturated rings. The molecule has 0 unspecified atom stereocenters. The summed E-state index contributed by atoms with van der Waals surface area (Å²) in [6.45, 7) is 7.81. The van der Waals surface area contributed by atoms with Gasteiger partial charge in [-0.15, -0.1) is 0 Å². The number of hydrogen-bond acceptors (Lipinski definition) is 2. The predicted molar refractivity (Wildman–Crippen MR) is 76.2 cm³/mol. The van der Waals surface area contributed by atoms with Crippen molar-refractivity contribution in [1.82, 2.24) is 10.2 Å². The molecule has 1 rings (SSSR count). The van der Waals surface area contributed by atoms with Crippen LogP contribution in [-0.2, 0) is 0 Å². The molecule has 1 aromatic rings. The summed E-state index contributed by atoms with van der Waals surface area (Å²) in [5.41, 5.74) is 4.24. The van der Waals surface area contributed by atoms with Gasteiger partial charge in [-0.2, -0.15) is 0 Å². The lowest BCUT2D eigenvalue weighted by Gasteiger charge is -2.12. The predicted octanol–water partition coefficient (Wildman–Crippen LogP) is 2.29. The maximum atomic E-state index is 12.0. The first-order valence-corrected chi connectivity index (χ1v) is 6.42. The Kier molecular flexibility index (Phi) is 5.35. The highest BCUT2D eigenvalue weighted by Gasteiger charge is 2.09. The Morgan fingerprint density at radius 3 is 2.33 bits per heavy atom. The highest BCUT2D eigenvalue weighted by atomic mass is 16.1. The second kappa shape index (κ2) is 6.55. The van der Waals surface area contributed by atoms with Crippen LogP contribution in [0.3, 0.4) is 0 Å². The minimum Gasteiger partial charge on any atom is -0.352 e. The third-order valence-electron chi connectivity index (χ3n) is 3.15. The summed E-state index contributed by atoms with van der Waals surface area (Å²) in [6.07, 6.45) is 0.975. The van der Waals surface area contributed by atoms with Crippen LogP contribution in [0.15, 0.2) is 12.1 Å². The van der Waals surface area contributed by atoms with E-state index in [2.05, 4.69) is 23.2 Å². The summed E-state index contributed by atoms with van der Waals surface area (Å²) in [4.78, 5) is 14.2. The van der Waals surface area contributed by atoms with Crippen molar-refractivity contribution in [1.29, 1.82) is 0 Å². The lowest BCUT2D eigenvalue weighted by molar-refractivity contribution is 0.0951. The number of carbonyl (C=O) groups excluding carboxylic acids is 1. The molecular formula is C15H24N2O. The number of rotatable bonds is 5. The van der Waals surface area contributed by atoms with E-state index in [1.54, 1.807) is 0 Å². The van der Waals surface area contributed by atoms with Crippen LogP contribution in [0.5, 0.6) is 0 Å². The van der Waals surface area contributed by atoms with Gasteiger partial charge in [-0.1, -0.05) is 6.07 Å². The molecule has 3 heteroatoms. The van der Waals surface area contributed by atoms with Crippen LogP contribution in [0.1, 0.15) is 33.5 Å². The van der Waals surface area contributed by atoms with E-state index in [0.29, 0.717) is 0 Å². The molecule has 1 N–H and O–H groups in total. The first kappa shape index (κ1) is 14.7. The number of nitrogens with zero attached hydrogens (tertiary/aromatic N) is 1. The quantitative estimate of drug-likeness (QED) is 0.811. The van der Waals surface area contributed by atoms with Gasteiger partial charge in [-0.25, -0.2) is 0 Å². The molecule has 3 nitrogen and oxygen atoms in total. The van der Waals surface area contributed by atoms with E-state index in [0.717, 1.165) is 30.6 Å². The number of amides is 1. The average Bonchev–Trinajstić information content (AvgIpc) is 2.28. The van der Waals surface area contributed by atoms with Crippen LogP contribution in [0.2, 0.25) is 0 Å². The van der Waals surface area contributed by atoms with E-state index >= 15 is 0 Å². The number of carbonyl (C=O) groups is 1. The molecule has 0 aromatic heterocycles. The fourth-order valence-electron chi connectivity index (χ4n) is 1.90. The molecule has 0 saturated heterocycles. The van der Waals surface area contributed by atoms with Crippen molar-refractivity contribution < 1.29 is 4.79 Å². The first-order valence-electron chi connectivity index (χ1n) is 6.42. The number of nitrogens with one attached hydrogen (secondary N) is 1. The lowest BCUT2D eigenvalue weighted by atomic mass is 10.0. The summed E-state index contributed by atoms with van der Waals surface area (Å²) in [7, 11) is 4.07. The standard InChI is InChI=1S/C15H24N2O/c1-11-9-13(3)14(10-12(11)2)15(18)16-7-6-8-17(4)5/h9-10H,6-8H2,1-5H3,(H,16,18). The van der Waals surface area contributed by atoms with E-state index in [1.807, 2.05) is 34.0 Å². The van der Waals surface area contributed by atoms with Crippen molar-refractivity contribution in [3.8, 4) is 0 Å². The van der Waals surface area contributed by atoms with Crippen LogP contribution in [0.4, 0.5) is 0 Å². The Balaban J connectivity index is 2.59. The number of aryl methyl sites for hydroxylation is 3. The zero-order chi connectivity index (χ0) is 13.7. The molecule has 0 aliphatic heterocycles. The first-order chi connectivity index (χ1) is 8.41. The largest absolute Gasteiger partial charge is 0.352 e. The van der Waals surface area contributed by atoms with Crippen LogP contribution < -0.4 is 5.32 Å². The van der Waals surface area contributed by atoms with Crippen molar-refractivity contribution in [2.24, 2.45) is 0 Å². The molecule has 0 aliphatic carbocycles. The highest BCUT2D eigenvalue weighted by molar-refractivity contribution is 5.95. The lowest BCUT2D eigenvalue weighted by Crippen LogP contribution is -2.27. The third kappa shape index (κ3) is 4.15. The summed E-state index contributed by atoms with van der Waals surface area (Å²) < 4.78 is 0. The van der Waals surface area contributed by atoms with Gasteiger partial charge in [0.05, 0.1) is 0 Å². The van der Waals surface area contributed by atoms with Crippen molar-refractivity contribution >= 4 is 5.91 Å². The smallest absolute Gasteiger partial charge is 0.251 e. The molecule has 0 bridgehead atoms. The van der Waals surface area contributed by atoms with Gasteiger partial charge in [0.2, 0.25) is 0 Å². The monoisotopic (exact) mass is 248 g/mol. The molecule has 1 aromatic carbocycles. The van der Waals surface area contributed by atoms with Crippen molar-refractivity contribution in [2.45, 2.75) is 27.2 Å². The van der Waals surface area contributed by atoms with E-state index in [-0.39, 0.29) is 5.91 Å². The maximum Gasteiger partial charge on any atom is 0.251 e. The number of benzene rings is 1. The average molecular weight is 248 g/mol. The van der Waals surface area contributed by atoms with Gasteiger partial charge in [0.25, 0.3) is 5.91 Å². The minimum absolute atomic E-state index is 0.0364. The van der Waals surface area contributed by atoms with Crippen LogP contribution >= 0.6 is 0 Å². The molecule has 0 saturated carbocycles. The Labute approximate surface area is 110 Å². The zero-order valence-corrected chi connectivity index (χ0v) is 12.1. The third-order valence-corrected chi connectivity index (χ3v) is 3.15. The Hall–Kier alpha value is -1.35. The van der Waals surface area contributed by atoms with Gasteiger partial charge in [0.15, 0.2) is 0 Å². The van der Waals surface area contributed by atoms with Crippen molar-refractivity contribution in [3.63, 3.8) is 0 Å². The van der Waals surface area contributed by atoms with Gasteiger partial charge >= 0.3 is 0 Å². The Morgan fingerprint density at radius 1 is 1.11 bits per heavy atom. The fourth-order valence-corrected chi connectivity index (χ4v) is 1.90. The minimum atomic E-state index is 0.0364. The van der Waals surface area contributed by atoms with Gasteiger partial charge in [-0.05, 0) is 70.6 Å². The normalized spacial score (nSPS) is 10.8. The topological polar surface area (TPSA) is 32.3 Å². The molecule has 0 radical (unpaired) electrons. The van der Waals surface area contributed by atoms with Crippen LogP contribution in [0.25, 0.3) is 0 Å². The second-order valence-corrected chi connectivity index (χ2v) is 5.16. The highest BCUT2D eigenvalue weighted by Crippen LogP contribution is 2.15. The summed E-state index contributed by atoms with van der Waals surface area (Å²) in [5, 5.41) is 2.98. The maximum absolute atomic E-state index is 12.0. The summed E-state index contributed by atoms with van der Waals surface area (Å²) in [6, 6.07) is 4.05. The summed E-state index contributed by atoms with van der Waals surface area (Å²) in [5.74, 6) is 0.0364. The Bertz CT molecular complexity index is 425. The van der Waals surface area contributed by atoms with E-state index in [9.17, 15) is 4.79 Å². The van der Waals surface area contributed by atoms with Crippen LogP contribution in [0, 0.1) is 20.8 Å². The van der Waals surface area contributed by atoms with Crippen molar-refractivity contribution in [2.75, 3.05) is 27.2 Å². The molecule has 0 heterocycles. The van der Waals surface area contributed by atoms with Crippen molar-refractivity contribution in [3.05, 3.63) is 34.4 Å². The van der Waals surface area contributed by atoms with Crippen LogP contribution in [-0.4, -0.2) is 38.0 Å². The van der Waals surface area contributed by atoms with E-state index < -0.39 is 0 Å². The SMILES string of the molecule is Cc1cc(C)c(C(=O)NCCCN(C)C)cc1C. The molecule has 0 spiro atoms. The molecule has 18 heavy (non-hydrogen) atoms. The van der Waals surface area contributed by atoms with Gasteiger partial charge < -0.3 is 10.2 Å². The molecule has 0 aliphatic rings. The molecule has 1 amide bonds. The zero-order valence-electron chi connectivity index (χ0n) is 12.1. The molecular weight excluding hydrogens is 224 g/mol. The molecule has 0 atom stereocenters. The molecule has 100 valence electrons. The second-order valence-electron chi connectivity index (χ2n) is 5.16.